The molecule has 0 unspecified atom stereocenters. The van der Waals surface area contributed by atoms with Crippen molar-refractivity contribution in [3.05, 3.63) is 0 Å². The molecule has 4 heteroatoms. The van der Waals surface area contributed by atoms with Crippen LogP contribution in [0.25, 0.3) is 0 Å². The Morgan fingerprint density at radius 2 is 1.88 bits per heavy atom. The molecule has 1 saturated heterocycles. The van der Waals surface area contributed by atoms with Gasteiger partial charge in [0.2, 0.25) is 0 Å². The number of thiocarbonyl (C=S) groups is 1. The highest BCUT2D eigenvalue weighted by atomic mass is 32.1. The van der Waals surface area contributed by atoms with Gasteiger partial charge in [0.25, 0.3) is 0 Å². The van der Waals surface area contributed by atoms with Crippen molar-refractivity contribution in [2.24, 2.45) is 5.92 Å². The van der Waals surface area contributed by atoms with E-state index in [0.29, 0.717) is 0 Å². The van der Waals surface area contributed by atoms with Gasteiger partial charge in [-0.3, -0.25) is 4.90 Å². The molecule has 1 aliphatic heterocycles. The maximum atomic E-state index is 5.36. The maximum absolute atomic E-state index is 5.36. The minimum absolute atomic E-state index is 0.761. The predicted octanol–water partition coefficient (Wildman–Crippen LogP) is 1.54. The second kappa shape index (κ2) is 7.07. The lowest BCUT2D eigenvalue weighted by Crippen LogP contribution is -2.52. The molecular formula is C12H25N3S. The van der Waals surface area contributed by atoms with Crippen LogP contribution < -0.4 is 5.32 Å². The summed E-state index contributed by atoms with van der Waals surface area (Å²) in [6.07, 6.45) is 1.13. The average molecular weight is 243 g/mol. The SMILES string of the molecule is CCCNC(=S)N1CCN(CC(C)C)CC1. The summed E-state index contributed by atoms with van der Waals surface area (Å²) >= 11 is 5.36. The second-order valence-corrected chi connectivity index (χ2v) is 5.30. The second-order valence-electron chi connectivity index (χ2n) is 4.91. The molecule has 0 aromatic heterocycles. The van der Waals surface area contributed by atoms with Crippen molar-refractivity contribution in [1.82, 2.24) is 15.1 Å². The van der Waals surface area contributed by atoms with Crippen molar-refractivity contribution in [2.75, 3.05) is 39.3 Å². The summed E-state index contributed by atoms with van der Waals surface area (Å²) in [6, 6.07) is 0. The van der Waals surface area contributed by atoms with Gasteiger partial charge in [-0.05, 0) is 24.6 Å². The van der Waals surface area contributed by atoms with Crippen LogP contribution in [0.2, 0.25) is 0 Å². The summed E-state index contributed by atoms with van der Waals surface area (Å²) < 4.78 is 0. The number of piperazine rings is 1. The highest BCUT2D eigenvalue weighted by molar-refractivity contribution is 7.80. The summed E-state index contributed by atoms with van der Waals surface area (Å²) in [7, 11) is 0. The summed E-state index contributed by atoms with van der Waals surface area (Å²) in [4.78, 5) is 4.82. The van der Waals surface area contributed by atoms with Crippen molar-refractivity contribution >= 4 is 17.3 Å². The first-order chi connectivity index (χ1) is 7.63. The van der Waals surface area contributed by atoms with Crippen LogP contribution in [0.15, 0.2) is 0 Å². The molecule has 16 heavy (non-hydrogen) atoms. The van der Waals surface area contributed by atoms with E-state index in [9.17, 15) is 0 Å². The Balaban J connectivity index is 2.23. The molecule has 0 aromatic carbocycles. The lowest BCUT2D eigenvalue weighted by molar-refractivity contribution is 0.166. The van der Waals surface area contributed by atoms with Gasteiger partial charge in [0, 0.05) is 39.3 Å². The Labute approximate surface area is 105 Å². The van der Waals surface area contributed by atoms with Crippen molar-refractivity contribution < 1.29 is 0 Å². The van der Waals surface area contributed by atoms with E-state index in [1.54, 1.807) is 0 Å². The van der Waals surface area contributed by atoms with Crippen LogP contribution in [0.3, 0.4) is 0 Å². The fourth-order valence-electron chi connectivity index (χ4n) is 1.99. The van der Waals surface area contributed by atoms with Gasteiger partial charge in [0.1, 0.15) is 0 Å². The van der Waals surface area contributed by atoms with Gasteiger partial charge in [-0.15, -0.1) is 0 Å². The molecular weight excluding hydrogens is 218 g/mol. The van der Waals surface area contributed by atoms with Crippen LogP contribution in [-0.4, -0.2) is 54.2 Å². The molecule has 0 saturated carbocycles. The van der Waals surface area contributed by atoms with E-state index in [2.05, 4.69) is 35.9 Å². The molecule has 0 aromatic rings. The Kier molecular flexibility index (Phi) is 6.06. The van der Waals surface area contributed by atoms with Crippen molar-refractivity contribution in [3.8, 4) is 0 Å². The summed E-state index contributed by atoms with van der Waals surface area (Å²) in [5.41, 5.74) is 0. The van der Waals surface area contributed by atoms with E-state index in [1.807, 2.05) is 0 Å². The summed E-state index contributed by atoms with van der Waals surface area (Å²) in [6.45, 7) is 13.4. The fraction of sp³-hybridized carbons (Fsp3) is 0.917. The molecule has 1 fully saturated rings. The third kappa shape index (κ3) is 4.66. The van der Waals surface area contributed by atoms with Gasteiger partial charge < -0.3 is 10.2 Å². The molecule has 94 valence electrons. The minimum Gasteiger partial charge on any atom is -0.363 e. The van der Waals surface area contributed by atoms with Crippen LogP contribution in [0, 0.1) is 5.92 Å². The predicted molar refractivity (Wildman–Crippen MR) is 73.7 cm³/mol. The molecule has 1 heterocycles. The van der Waals surface area contributed by atoms with E-state index in [1.165, 1.54) is 6.54 Å². The van der Waals surface area contributed by atoms with Gasteiger partial charge in [0.05, 0.1) is 0 Å². The third-order valence-electron chi connectivity index (χ3n) is 2.81. The van der Waals surface area contributed by atoms with E-state index in [0.717, 1.165) is 50.2 Å². The first-order valence-electron chi connectivity index (χ1n) is 6.38. The Morgan fingerprint density at radius 3 is 2.38 bits per heavy atom. The fourth-order valence-corrected chi connectivity index (χ4v) is 2.28. The van der Waals surface area contributed by atoms with Gasteiger partial charge in [-0.2, -0.15) is 0 Å². The highest BCUT2D eigenvalue weighted by Crippen LogP contribution is 2.05. The summed E-state index contributed by atoms with van der Waals surface area (Å²) in [5, 5.41) is 4.23. The van der Waals surface area contributed by atoms with Crippen LogP contribution in [-0.2, 0) is 0 Å². The van der Waals surface area contributed by atoms with Gasteiger partial charge >= 0.3 is 0 Å². The Bertz CT molecular complexity index is 210. The van der Waals surface area contributed by atoms with Gasteiger partial charge in [-0.1, -0.05) is 20.8 Å². The standard InChI is InChI=1S/C12H25N3S/c1-4-5-13-12(16)15-8-6-14(7-9-15)10-11(2)3/h11H,4-10H2,1-3H3,(H,13,16). The number of nitrogens with one attached hydrogen (secondary N) is 1. The monoisotopic (exact) mass is 243 g/mol. The number of rotatable bonds is 4. The quantitative estimate of drug-likeness (QED) is 0.755. The lowest BCUT2D eigenvalue weighted by Gasteiger charge is -2.36. The van der Waals surface area contributed by atoms with Crippen LogP contribution >= 0.6 is 12.2 Å². The molecule has 0 atom stereocenters. The van der Waals surface area contributed by atoms with Crippen molar-refractivity contribution in [1.29, 1.82) is 0 Å². The van der Waals surface area contributed by atoms with E-state index < -0.39 is 0 Å². The van der Waals surface area contributed by atoms with E-state index in [4.69, 9.17) is 12.2 Å². The third-order valence-corrected chi connectivity index (χ3v) is 3.21. The normalized spacial score (nSPS) is 17.9. The smallest absolute Gasteiger partial charge is 0.169 e. The van der Waals surface area contributed by atoms with Gasteiger partial charge in [-0.25, -0.2) is 0 Å². The zero-order valence-electron chi connectivity index (χ0n) is 10.8. The molecule has 1 rings (SSSR count). The topological polar surface area (TPSA) is 18.5 Å². The van der Waals surface area contributed by atoms with E-state index >= 15 is 0 Å². The maximum Gasteiger partial charge on any atom is 0.169 e. The Hall–Kier alpha value is -0.350. The molecule has 1 N–H and O–H groups in total. The number of hydrogen-bond acceptors (Lipinski definition) is 2. The molecule has 3 nitrogen and oxygen atoms in total. The highest BCUT2D eigenvalue weighted by Gasteiger charge is 2.18. The molecule has 0 spiro atoms. The number of nitrogens with zero attached hydrogens (tertiary/aromatic N) is 2. The van der Waals surface area contributed by atoms with Crippen molar-refractivity contribution in [3.63, 3.8) is 0 Å². The lowest BCUT2D eigenvalue weighted by atomic mass is 10.2. The molecule has 0 bridgehead atoms. The average Bonchev–Trinajstić information content (AvgIpc) is 2.26. The minimum atomic E-state index is 0.761. The van der Waals surface area contributed by atoms with Crippen molar-refractivity contribution in [2.45, 2.75) is 27.2 Å². The number of hydrogen-bond donors (Lipinski definition) is 1. The zero-order valence-corrected chi connectivity index (χ0v) is 11.6. The van der Waals surface area contributed by atoms with Crippen LogP contribution in [0.5, 0.6) is 0 Å². The summed E-state index contributed by atoms with van der Waals surface area (Å²) in [5.74, 6) is 0.761. The van der Waals surface area contributed by atoms with E-state index in [-0.39, 0.29) is 0 Å². The van der Waals surface area contributed by atoms with Crippen LogP contribution in [0.4, 0.5) is 0 Å². The largest absolute Gasteiger partial charge is 0.363 e. The Morgan fingerprint density at radius 1 is 1.25 bits per heavy atom. The molecule has 1 aliphatic rings. The molecule has 0 aliphatic carbocycles. The van der Waals surface area contributed by atoms with Crippen LogP contribution in [0.1, 0.15) is 27.2 Å². The first kappa shape index (κ1) is 13.7. The first-order valence-corrected chi connectivity index (χ1v) is 6.79. The zero-order chi connectivity index (χ0) is 12.0. The van der Waals surface area contributed by atoms with Gasteiger partial charge in [0.15, 0.2) is 5.11 Å². The molecule has 0 amide bonds. The molecule has 0 radical (unpaired) electrons.